The van der Waals surface area contributed by atoms with E-state index < -0.39 is 11.7 Å². The molecule has 1 aliphatic heterocycles. The van der Waals surface area contributed by atoms with Gasteiger partial charge in [-0.1, -0.05) is 6.92 Å². The third-order valence-corrected chi connectivity index (χ3v) is 4.35. The second kappa shape index (κ2) is 7.33. The minimum atomic E-state index is -0.411. The molecule has 0 bridgehead atoms. The minimum Gasteiger partial charge on any atom is -0.393 e. The highest BCUT2D eigenvalue weighted by molar-refractivity contribution is 5.95. The Balaban J connectivity index is 1.67. The average Bonchev–Trinajstić information content (AvgIpc) is 2.62. The topological polar surface area (TPSA) is 96.2 Å². The van der Waals surface area contributed by atoms with Crippen molar-refractivity contribution in [3.8, 4) is 0 Å². The smallest absolute Gasteiger partial charge is 0.269 e. The zero-order chi connectivity index (χ0) is 17.8. The predicted molar refractivity (Wildman–Crippen MR) is 94.5 cm³/mol. The van der Waals surface area contributed by atoms with Crippen LogP contribution in [0.25, 0.3) is 0 Å². The van der Waals surface area contributed by atoms with Crippen LogP contribution in [0.4, 0.5) is 21.7 Å². The lowest BCUT2D eigenvalue weighted by Crippen LogP contribution is -2.35. The van der Waals surface area contributed by atoms with E-state index in [0.717, 1.165) is 25.9 Å². The number of carbonyl (C=O) groups excluding carboxylic acids is 1. The minimum absolute atomic E-state index is 0.326. The summed E-state index contributed by atoms with van der Waals surface area (Å²) in [7, 11) is 0. The second-order valence-corrected chi connectivity index (χ2v) is 6.22. The van der Waals surface area contributed by atoms with Gasteiger partial charge in [-0.15, -0.1) is 0 Å². The Morgan fingerprint density at radius 3 is 2.60 bits per heavy atom. The molecule has 1 aliphatic rings. The van der Waals surface area contributed by atoms with E-state index in [2.05, 4.69) is 32.6 Å². The molecule has 1 fully saturated rings. The van der Waals surface area contributed by atoms with Crippen LogP contribution >= 0.6 is 0 Å². The summed E-state index contributed by atoms with van der Waals surface area (Å²) in [5.41, 5.74) is 12.1. The van der Waals surface area contributed by atoms with Crippen molar-refractivity contribution < 1.29 is 9.18 Å². The zero-order valence-corrected chi connectivity index (χ0v) is 14.0. The molecule has 0 saturated carbocycles. The largest absolute Gasteiger partial charge is 0.393 e. The number of rotatable bonds is 4. The van der Waals surface area contributed by atoms with E-state index >= 15 is 0 Å². The van der Waals surface area contributed by atoms with Crippen LogP contribution in [0.5, 0.6) is 0 Å². The normalized spacial score (nSPS) is 15.0. The van der Waals surface area contributed by atoms with Gasteiger partial charge in [0.1, 0.15) is 17.8 Å². The van der Waals surface area contributed by atoms with Crippen LogP contribution < -0.4 is 21.5 Å². The molecule has 1 aromatic heterocycles. The molecule has 0 unspecified atom stereocenters. The number of hydrogen-bond donors (Lipinski definition) is 3. The van der Waals surface area contributed by atoms with Crippen LogP contribution in [0.2, 0.25) is 0 Å². The van der Waals surface area contributed by atoms with Crippen LogP contribution in [0, 0.1) is 11.7 Å². The maximum atomic E-state index is 12.9. The van der Waals surface area contributed by atoms with E-state index in [1.165, 1.54) is 30.6 Å². The molecule has 8 heteroatoms. The number of hydrazine groups is 1. The quantitative estimate of drug-likeness (QED) is 0.736. The van der Waals surface area contributed by atoms with E-state index in [4.69, 9.17) is 5.73 Å². The Hall–Kier alpha value is -2.90. The first-order valence-electron chi connectivity index (χ1n) is 8.22. The van der Waals surface area contributed by atoms with Gasteiger partial charge in [-0.05, 0) is 43.0 Å². The Bertz CT molecular complexity index is 743. The molecule has 0 atom stereocenters. The zero-order valence-electron chi connectivity index (χ0n) is 14.0. The molecule has 1 saturated heterocycles. The molecule has 0 spiro atoms. The van der Waals surface area contributed by atoms with E-state index in [0.29, 0.717) is 28.8 Å². The van der Waals surface area contributed by atoms with E-state index in [-0.39, 0.29) is 0 Å². The number of carbonyl (C=O) groups is 1. The molecule has 1 aromatic carbocycles. The first-order valence-corrected chi connectivity index (χ1v) is 8.22. The summed E-state index contributed by atoms with van der Waals surface area (Å²) in [6.45, 7) is 4.02. The molecule has 1 amide bonds. The van der Waals surface area contributed by atoms with Gasteiger partial charge in [0.15, 0.2) is 11.6 Å². The maximum Gasteiger partial charge on any atom is 0.269 e. The fourth-order valence-corrected chi connectivity index (χ4v) is 2.75. The lowest BCUT2D eigenvalue weighted by molar-refractivity contribution is 0.0962. The van der Waals surface area contributed by atoms with Crippen molar-refractivity contribution in [1.29, 1.82) is 0 Å². The number of nitrogen functional groups attached to an aromatic ring is 1. The molecule has 25 heavy (non-hydrogen) atoms. The lowest BCUT2D eigenvalue weighted by atomic mass is 9.99. The Morgan fingerprint density at radius 2 is 1.92 bits per heavy atom. The standard InChI is InChI=1S/C17H21FN6O/c1-11-6-8-24(9-7-11)16-14(19)15(20-10-21-16)22-23-17(25)12-2-4-13(18)5-3-12/h2-5,10-11H,6-9,19H2,1H3,(H,23,25)(H,20,21,22). The molecule has 7 nitrogen and oxygen atoms in total. The van der Waals surface area contributed by atoms with E-state index in [1.807, 2.05) is 0 Å². The number of aromatic nitrogens is 2. The number of benzene rings is 1. The molecule has 0 aliphatic carbocycles. The monoisotopic (exact) mass is 344 g/mol. The van der Waals surface area contributed by atoms with Crippen molar-refractivity contribution in [1.82, 2.24) is 15.4 Å². The lowest BCUT2D eigenvalue weighted by Gasteiger charge is -2.32. The first-order chi connectivity index (χ1) is 12.0. The molecular formula is C17H21FN6O. The van der Waals surface area contributed by atoms with Gasteiger partial charge >= 0.3 is 0 Å². The molecule has 3 rings (SSSR count). The molecule has 0 radical (unpaired) electrons. The fraction of sp³-hybridized carbons (Fsp3) is 0.353. The summed E-state index contributed by atoms with van der Waals surface area (Å²) in [5, 5.41) is 0. The van der Waals surface area contributed by atoms with E-state index in [1.54, 1.807) is 0 Å². The highest BCUT2D eigenvalue weighted by atomic mass is 19.1. The Morgan fingerprint density at radius 1 is 1.24 bits per heavy atom. The number of nitrogens with one attached hydrogen (secondary N) is 2. The van der Waals surface area contributed by atoms with Gasteiger partial charge in [0.05, 0.1) is 0 Å². The van der Waals surface area contributed by atoms with Gasteiger partial charge in [-0.25, -0.2) is 14.4 Å². The molecular weight excluding hydrogens is 323 g/mol. The number of amides is 1. The summed E-state index contributed by atoms with van der Waals surface area (Å²) >= 11 is 0. The number of hydrogen-bond acceptors (Lipinski definition) is 6. The van der Waals surface area contributed by atoms with Crippen LogP contribution in [-0.2, 0) is 0 Å². The highest BCUT2D eigenvalue weighted by Gasteiger charge is 2.20. The van der Waals surface area contributed by atoms with Gasteiger partial charge in [0.2, 0.25) is 0 Å². The first kappa shape index (κ1) is 16.9. The van der Waals surface area contributed by atoms with Crippen molar-refractivity contribution >= 4 is 23.2 Å². The summed E-state index contributed by atoms with van der Waals surface area (Å²) in [6.07, 6.45) is 3.59. The molecule has 4 N–H and O–H groups in total. The van der Waals surface area contributed by atoms with Crippen LogP contribution in [0.15, 0.2) is 30.6 Å². The van der Waals surface area contributed by atoms with Crippen LogP contribution in [0.3, 0.4) is 0 Å². The van der Waals surface area contributed by atoms with Gasteiger partial charge in [-0.3, -0.25) is 15.6 Å². The van der Waals surface area contributed by atoms with Crippen molar-refractivity contribution in [3.63, 3.8) is 0 Å². The van der Waals surface area contributed by atoms with Gasteiger partial charge in [0, 0.05) is 18.7 Å². The number of anilines is 3. The summed E-state index contributed by atoms with van der Waals surface area (Å²) in [4.78, 5) is 22.6. The van der Waals surface area contributed by atoms with Crippen molar-refractivity contribution in [2.75, 3.05) is 29.1 Å². The Labute approximate surface area is 145 Å². The molecule has 2 heterocycles. The second-order valence-electron chi connectivity index (χ2n) is 6.22. The highest BCUT2D eigenvalue weighted by Crippen LogP contribution is 2.29. The number of nitrogens with two attached hydrogens (primary N) is 1. The number of nitrogens with zero attached hydrogens (tertiary/aromatic N) is 3. The van der Waals surface area contributed by atoms with Gasteiger partial charge < -0.3 is 10.6 Å². The van der Waals surface area contributed by atoms with Crippen molar-refractivity contribution in [2.24, 2.45) is 5.92 Å². The summed E-state index contributed by atoms with van der Waals surface area (Å²) in [5.74, 6) is 0.892. The molecule has 132 valence electrons. The fourth-order valence-electron chi connectivity index (χ4n) is 2.75. The summed E-state index contributed by atoms with van der Waals surface area (Å²) < 4.78 is 12.9. The molecule has 2 aromatic rings. The maximum absolute atomic E-state index is 12.9. The number of piperidine rings is 1. The van der Waals surface area contributed by atoms with E-state index in [9.17, 15) is 9.18 Å². The summed E-state index contributed by atoms with van der Waals surface area (Å²) in [6, 6.07) is 5.25. The van der Waals surface area contributed by atoms with Gasteiger partial charge in [0.25, 0.3) is 5.91 Å². The Kier molecular flexibility index (Phi) is 4.97. The van der Waals surface area contributed by atoms with Crippen molar-refractivity contribution in [2.45, 2.75) is 19.8 Å². The third kappa shape index (κ3) is 3.96. The number of halogens is 1. The average molecular weight is 344 g/mol. The SMILES string of the molecule is CC1CCN(c2ncnc(NNC(=O)c3ccc(F)cc3)c2N)CC1. The van der Waals surface area contributed by atoms with Gasteiger partial charge in [-0.2, -0.15) is 0 Å². The van der Waals surface area contributed by atoms with Crippen LogP contribution in [-0.4, -0.2) is 29.0 Å². The third-order valence-electron chi connectivity index (χ3n) is 4.35. The van der Waals surface area contributed by atoms with Crippen LogP contribution in [0.1, 0.15) is 30.1 Å². The van der Waals surface area contributed by atoms with Crippen molar-refractivity contribution in [3.05, 3.63) is 42.0 Å². The predicted octanol–water partition coefficient (Wildman–Crippen LogP) is 2.19.